The molecule has 0 atom stereocenters. The number of nitrogens with zero attached hydrogens (tertiary/aromatic N) is 1. The Kier molecular flexibility index (Phi) is 3.26. The van der Waals surface area contributed by atoms with E-state index in [1.165, 1.54) is 4.57 Å². The highest BCUT2D eigenvalue weighted by Crippen LogP contribution is 2.24. The van der Waals surface area contributed by atoms with Crippen molar-refractivity contribution in [3.8, 4) is 5.69 Å². The van der Waals surface area contributed by atoms with Gasteiger partial charge in [-0.1, -0.05) is 18.2 Å². The predicted octanol–water partition coefficient (Wildman–Crippen LogP) is -0.162. The molecule has 7 nitrogen and oxygen atoms in total. The van der Waals surface area contributed by atoms with Gasteiger partial charge in [-0.3, -0.25) is 24.3 Å². The van der Waals surface area contributed by atoms with E-state index in [0.29, 0.717) is 17.7 Å². The third-order valence-electron chi connectivity index (χ3n) is 3.57. The number of nitrogens with two attached hydrogens (primary N) is 1. The van der Waals surface area contributed by atoms with E-state index in [1.54, 1.807) is 24.3 Å². The molecule has 1 aliphatic rings. The highest BCUT2D eigenvalue weighted by Gasteiger charge is 2.32. The van der Waals surface area contributed by atoms with Gasteiger partial charge >= 0.3 is 0 Å². The van der Waals surface area contributed by atoms with E-state index in [-0.39, 0.29) is 23.6 Å². The van der Waals surface area contributed by atoms with Crippen LogP contribution in [0.3, 0.4) is 0 Å². The highest BCUT2D eigenvalue weighted by atomic mass is 16.3. The Morgan fingerprint density at radius 2 is 1.86 bits per heavy atom. The van der Waals surface area contributed by atoms with Crippen LogP contribution in [0.1, 0.15) is 26.3 Å². The monoisotopic (exact) mass is 299 g/mol. The number of aromatic nitrogens is 1. The zero-order chi connectivity index (χ0) is 15.9. The molecule has 2 amide bonds. The van der Waals surface area contributed by atoms with Gasteiger partial charge in [-0.05, 0) is 18.1 Å². The number of nitrogens with one attached hydrogen (secondary N) is 1. The Morgan fingerprint density at radius 1 is 1.14 bits per heavy atom. The van der Waals surface area contributed by atoms with Crippen LogP contribution in [-0.2, 0) is 6.42 Å². The molecule has 3 rings (SSSR count). The fraction of sp³-hybridized carbons (Fsp3) is 0.133. The maximum atomic E-state index is 12.3. The van der Waals surface area contributed by atoms with Crippen LogP contribution in [-0.4, -0.2) is 28.1 Å². The van der Waals surface area contributed by atoms with Crippen molar-refractivity contribution < 1.29 is 14.7 Å². The third kappa shape index (κ3) is 1.99. The van der Waals surface area contributed by atoms with Crippen molar-refractivity contribution in [2.24, 2.45) is 0 Å². The lowest BCUT2D eigenvalue weighted by Gasteiger charge is -2.15. The molecule has 22 heavy (non-hydrogen) atoms. The van der Waals surface area contributed by atoms with Crippen LogP contribution in [0.5, 0.6) is 0 Å². The third-order valence-corrected chi connectivity index (χ3v) is 3.57. The fourth-order valence-corrected chi connectivity index (χ4v) is 2.59. The van der Waals surface area contributed by atoms with Gasteiger partial charge in [0.15, 0.2) is 0 Å². The molecule has 0 unspecified atom stereocenters. The number of imide groups is 1. The summed E-state index contributed by atoms with van der Waals surface area (Å²) in [4.78, 5) is 35.8. The summed E-state index contributed by atoms with van der Waals surface area (Å²) in [7, 11) is 0. The van der Waals surface area contributed by atoms with Crippen molar-refractivity contribution >= 4 is 17.6 Å². The summed E-state index contributed by atoms with van der Waals surface area (Å²) in [6.07, 6.45) is 0.338. The summed E-state index contributed by atoms with van der Waals surface area (Å²) in [6, 6.07) is 8.03. The van der Waals surface area contributed by atoms with Gasteiger partial charge in [0.2, 0.25) is 0 Å². The molecule has 2 heterocycles. The maximum Gasteiger partial charge on any atom is 0.262 e. The quantitative estimate of drug-likeness (QED) is 0.681. The van der Waals surface area contributed by atoms with E-state index in [1.807, 2.05) is 0 Å². The Labute approximate surface area is 125 Å². The largest absolute Gasteiger partial charge is 0.396 e. The topological polar surface area (TPSA) is 114 Å². The minimum atomic E-state index is -0.625. The van der Waals surface area contributed by atoms with Crippen molar-refractivity contribution in [3.63, 3.8) is 0 Å². The molecule has 4 N–H and O–H groups in total. The van der Waals surface area contributed by atoms with Gasteiger partial charge in [0.25, 0.3) is 17.4 Å². The van der Waals surface area contributed by atoms with Gasteiger partial charge in [0, 0.05) is 12.7 Å². The van der Waals surface area contributed by atoms with E-state index in [4.69, 9.17) is 10.8 Å². The van der Waals surface area contributed by atoms with Crippen molar-refractivity contribution in [2.75, 3.05) is 12.3 Å². The number of anilines is 1. The number of amides is 2. The first kappa shape index (κ1) is 14.0. The molecule has 0 radical (unpaired) electrons. The van der Waals surface area contributed by atoms with Gasteiger partial charge in [-0.2, -0.15) is 0 Å². The predicted molar refractivity (Wildman–Crippen MR) is 79.0 cm³/mol. The van der Waals surface area contributed by atoms with E-state index < -0.39 is 17.4 Å². The Hall–Kier alpha value is -2.93. The first-order valence-electron chi connectivity index (χ1n) is 6.65. The maximum absolute atomic E-state index is 12.3. The summed E-state index contributed by atoms with van der Waals surface area (Å²) in [5.74, 6) is -1.33. The van der Waals surface area contributed by atoms with Crippen molar-refractivity contribution in [2.45, 2.75) is 6.42 Å². The first-order valence-corrected chi connectivity index (χ1v) is 6.65. The number of para-hydroxylation sites is 1. The zero-order valence-corrected chi connectivity index (χ0v) is 11.5. The second-order valence-corrected chi connectivity index (χ2v) is 4.88. The van der Waals surface area contributed by atoms with Crippen LogP contribution in [0.15, 0.2) is 35.1 Å². The standard InChI is InChI=1S/C15H13N3O4/c16-13-12-9(14(21)17-15(12)22)7-11(20)18(13)10-4-2-1-3-8(10)5-6-19/h1-4,7,19H,5-6,16H2,(H,17,21,22). The second-order valence-electron chi connectivity index (χ2n) is 4.88. The Morgan fingerprint density at radius 3 is 2.59 bits per heavy atom. The number of benzene rings is 1. The van der Waals surface area contributed by atoms with Crippen molar-refractivity contribution in [3.05, 3.63) is 57.4 Å². The zero-order valence-electron chi connectivity index (χ0n) is 11.5. The van der Waals surface area contributed by atoms with Crippen LogP contribution < -0.4 is 16.6 Å². The average molecular weight is 299 g/mol. The Balaban J connectivity index is 2.31. The molecule has 1 aromatic carbocycles. The van der Waals surface area contributed by atoms with Gasteiger partial charge in [-0.15, -0.1) is 0 Å². The van der Waals surface area contributed by atoms with Gasteiger partial charge in [-0.25, -0.2) is 0 Å². The molecule has 0 aliphatic carbocycles. The van der Waals surface area contributed by atoms with Crippen LogP contribution >= 0.6 is 0 Å². The molecule has 2 aromatic rings. The number of pyridine rings is 1. The molecule has 0 saturated heterocycles. The number of hydrogen-bond donors (Lipinski definition) is 3. The molecule has 7 heteroatoms. The molecule has 1 aliphatic heterocycles. The average Bonchev–Trinajstić information content (AvgIpc) is 2.75. The lowest BCUT2D eigenvalue weighted by Crippen LogP contribution is -2.25. The van der Waals surface area contributed by atoms with E-state index in [9.17, 15) is 14.4 Å². The summed E-state index contributed by atoms with van der Waals surface area (Å²) in [6.45, 7) is -0.0877. The van der Waals surface area contributed by atoms with Crippen LogP contribution in [0.25, 0.3) is 5.69 Å². The lowest BCUT2D eigenvalue weighted by atomic mass is 10.1. The second kappa shape index (κ2) is 5.12. The van der Waals surface area contributed by atoms with Crippen LogP contribution in [0, 0.1) is 0 Å². The van der Waals surface area contributed by atoms with E-state index >= 15 is 0 Å². The fourth-order valence-electron chi connectivity index (χ4n) is 2.59. The van der Waals surface area contributed by atoms with Gasteiger partial charge in [0.05, 0.1) is 16.8 Å². The summed E-state index contributed by atoms with van der Waals surface area (Å²) < 4.78 is 1.18. The molecule has 1 aromatic heterocycles. The minimum absolute atomic E-state index is 0.00315. The van der Waals surface area contributed by atoms with E-state index in [0.717, 1.165) is 6.07 Å². The molecular weight excluding hydrogens is 286 g/mol. The lowest BCUT2D eigenvalue weighted by molar-refractivity contribution is 0.0880. The number of carbonyl (C=O) groups excluding carboxylic acids is 2. The van der Waals surface area contributed by atoms with Crippen LogP contribution in [0.2, 0.25) is 0 Å². The molecular formula is C15H13N3O4. The number of aliphatic hydroxyl groups excluding tert-OH is 1. The number of hydrogen-bond acceptors (Lipinski definition) is 5. The minimum Gasteiger partial charge on any atom is -0.396 e. The van der Waals surface area contributed by atoms with E-state index in [2.05, 4.69) is 5.32 Å². The molecule has 0 saturated carbocycles. The first-order chi connectivity index (χ1) is 10.5. The highest BCUT2D eigenvalue weighted by molar-refractivity contribution is 6.23. The summed E-state index contributed by atoms with van der Waals surface area (Å²) in [5, 5.41) is 11.3. The smallest absolute Gasteiger partial charge is 0.262 e. The normalized spacial score (nSPS) is 13.1. The number of fused-ring (bicyclic) bond motifs is 1. The molecule has 0 bridgehead atoms. The molecule has 0 spiro atoms. The van der Waals surface area contributed by atoms with Gasteiger partial charge < -0.3 is 10.8 Å². The number of rotatable bonds is 3. The summed E-state index contributed by atoms with van der Waals surface area (Å²) in [5.41, 5.74) is 6.65. The van der Waals surface area contributed by atoms with Gasteiger partial charge in [0.1, 0.15) is 5.82 Å². The summed E-state index contributed by atoms with van der Waals surface area (Å²) >= 11 is 0. The Bertz CT molecular complexity index is 854. The SMILES string of the molecule is Nc1c2c(cc(=O)n1-c1ccccc1CCO)C(=O)NC2=O. The number of carbonyl (C=O) groups is 2. The molecule has 112 valence electrons. The van der Waals surface area contributed by atoms with Crippen molar-refractivity contribution in [1.29, 1.82) is 0 Å². The number of aliphatic hydroxyl groups is 1. The van der Waals surface area contributed by atoms with Crippen LogP contribution in [0.4, 0.5) is 5.82 Å². The van der Waals surface area contributed by atoms with Crippen molar-refractivity contribution in [1.82, 2.24) is 9.88 Å². The molecule has 0 fully saturated rings. The number of nitrogen functional groups attached to an aromatic ring is 1.